The van der Waals surface area contributed by atoms with Gasteiger partial charge in [-0.1, -0.05) is 72.3 Å². The van der Waals surface area contributed by atoms with Crippen LogP contribution in [-0.4, -0.2) is 18.7 Å². The highest BCUT2D eigenvalue weighted by Crippen LogP contribution is 2.30. The first-order chi connectivity index (χ1) is 18.1. The van der Waals surface area contributed by atoms with Crippen LogP contribution < -0.4 is 11.2 Å². The molecule has 4 aromatic rings. The summed E-state index contributed by atoms with van der Waals surface area (Å²) in [5.74, 6) is 0.382. The standard InChI is InChI=1S/C28H24ClF3N4O2/c1-34-26(37)24-25(36(27(34)38)17-18-6-3-2-4-7-18)33-23(35(24)16-19-10-12-22(29)13-11-19)15-20-8-5-9-21(14-20)28(30,31)32/h2-10,12-14,19H,11,15-17H2,1H3. The lowest BCUT2D eigenvalue weighted by atomic mass is 10.0. The van der Waals surface area contributed by atoms with Gasteiger partial charge in [-0.3, -0.25) is 13.9 Å². The molecule has 2 aromatic carbocycles. The average Bonchev–Trinajstić information content (AvgIpc) is 3.24. The summed E-state index contributed by atoms with van der Waals surface area (Å²) < 4.78 is 44.3. The van der Waals surface area contributed by atoms with E-state index in [2.05, 4.69) is 0 Å². The Balaban J connectivity index is 1.68. The van der Waals surface area contributed by atoms with Gasteiger partial charge < -0.3 is 4.57 Å². The number of hydrogen-bond donors (Lipinski definition) is 0. The summed E-state index contributed by atoms with van der Waals surface area (Å²) in [6.07, 6.45) is 1.79. The molecule has 1 unspecified atom stereocenters. The van der Waals surface area contributed by atoms with E-state index in [0.717, 1.165) is 22.3 Å². The lowest BCUT2D eigenvalue weighted by Crippen LogP contribution is -2.39. The third kappa shape index (κ3) is 5.11. The molecule has 1 aliphatic carbocycles. The number of nitrogens with zero attached hydrogens (tertiary/aromatic N) is 4. The molecule has 1 atom stereocenters. The largest absolute Gasteiger partial charge is 0.416 e. The highest BCUT2D eigenvalue weighted by Gasteiger charge is 2.30. The van der Waals surface area contributed by atoms with Crippen molar-refractivity contribution in [3.8, 4) is 0 Å². The predicted octanol–water partition coefficient (Wildman–Crippen LogP) is 5.25. The Morgan fingerprint density at radius 3 is 2.45 bits per heavy atom. The molecule has 38 heavy (non-hydrogen) atoms. The van der Waals surface area contributed by atoms with Gasteiger partial charge >= 0.3 is 11.9 Å². The molecular formula is C28H24ClF3N4O2. The van der Waals surface area contributed by atoms with Crippen LogP contribution in [0.2, 0.25) is 0 Å². The van der Waals surface area contributed by atoms with Crippen LogP contribution in [0.1, 0.15) is 28.9 Å². The molecule has 2 aromatic heterocycles. The quantitative estimate of drug-likeness (QED) is 0.335. The molecule has 10 heteroatoms. The second-order valence-corrected chi connectivity index (χ2v) is 9.78. The number of allylic oxidation sites excluding steroid dienone is 4. The highest BCUT2D eigenvalue weighted by atomic mass is 35.5. The van der Waals surface area contributed by atoms with E-state index in [9.17, 15) is 22.8 Å². The first kappa shape index (κ1) is 25.8. The zero-order chi connectivity index (χ0) is 27.0. The molecule has 0 radical (unpaired) electrons. The fraction of sp³-hybridized carbons (Fsp3) is 0.250. The maximum Gasteiger partial charge on any atom is 0.416 e. The Morgan fingerprint density at radius 1 is 1.03 bits per heavy atom. The third-order valence-corrected chi connectivity index (χ3v) is 6.95. The summed E-state index contributed by atoms with van der Waals surface area (Å²) in [6.45, 7) is 0.534. The first-order valence-electron chi connectivity index (χ1n) is 12.0. The van der Waals surface area contributed by atoms with Crippen LogP contribution in [0.5, 0.6) is 0 Å². The van der Waals surface area contributed by atoms with Crippen LogP contribution in [-0.2, 0) is 32.7 Å². The van der Waals surface area contributed by atoms with Crippen LogP contribution in [0.4, 0.5) is 13.2 Å². The van der Waals surface area contributed by atoms with Gasteiger partial charge in [0.05, 0.1) is 12.1 Å². The second-order valence-electron chi connectivity index (χ2n) is 9.35. The van der Waals surface area contributed by atoms with Crippen molar-refractivity contribution < 1.29 is 13.2 Å². The van der Waals surface area contributed by atoms with Crippen molar-refractivity contribution in [1.29, 1.82) is 0 Å². The van der Waals surface area contributed by atoms with Gasteiger partial charge in [0, 0.05) is 25.0 Å². The smallest absolute Gasteiger partial charge is 0.321 e. The van der Waals surface area contributed by atoms with Crippen molar-refractivity contribution in [3.05, 3.63) is 121 Å². The maximum atomic E-state index is 13.4. The molecule has 0 spiro atoms. The summed E-state index contributed by atoms with van der Waals surface area (Å²) >= 11 is 6.08. The fourth-order valence-corrected chi connectivity index (χ4v) is 4.85. The minimum Gasteiger partial charge on any atom is -0.321 e. The Morgan fingerprint density at radius 2 is 1.76 bits per heavy atom. The topological polar surface area (TPSA) is 61.8 Å². The van der Waals surface area contributed by atoms with E-state index in [1.54, 1.807) is 16.7 Å². The van der Waals surface area contributed by atoms with Gasteiger partial charge in [-0.05, 0) is 35.6 Å². The molecule has 5 rings (SSSR count). The Labute approximate surface area is 220 Å². The second kappa shape index (κ2) is 10.1. The molecule has 0 saturated heterocycles. The number of fused-ring (bicyclic) bond motifs is 1. The van der Waals surface area contributed by atoms with E-state index in [0.29, 0.717) is 29.4 Å². The molecule has 0 N–H and O–H groups in total. The van der Waals surface area contributed by atoms with Crippen molar-refractivity contribution in [1.82, 2.24) is 18.7 Å². The SMILES string of the molecule is Cn1c(=O)c2c(nc(Cc3cccc(C(F)(F)F)c3)n2CC2C=CC(Cl)=CC2)n(Cc2ccccc2)c1=O. The Kier molecular flexibility index (Phi) is 6.88. The van der Waals surface area contributed by atoms with E-state index in [1.807, 2.05) is 42.5 Å². The number of alkyl halides is 3. The zero-order valence-electron chi connectivity index (χ0n) is 20.5. The van der Waals surface area contributed by atoms with Crippen molar-refractivity contribution in [3.63, 3.8) is 0 Å². The minimum absolute atomic E-state index is 0.0191. The summed E-state index contributed by atoms with van der Waals surface area (Å²) in [5.41, 5.74) is -0.105. The predicted molar refractivity (Wildman–Crippen MR) is 140 cm³/mol. The summed E-state index contributed by atoms with van der Waals surface area (Å²) in [5, 5.41) is 0.619. The third-order valence-electron chi connectivity index (χ3n) is 6.67. The number of rotatable bonds is 6. The van der Waals surface area contributed by atoms with Crippen LogP contribution in [0, 0.1) is 5.92 Å². The maximum absolute atomic E-state index is 13.4. The van der Waals surface area contributed by atoms with E-state index in [-0.39, 0.29) is 30.0 Å². The number of aromatic nitrogens is 4. The molecule has 6 nitrogen and oxygen atoms in total. The number of hydrogen-bond acceptors (Lipinski definition) is 3. The fourth-order valence-electron chi connectivity index (χ4n) is 4.69. The molecule has 196 valence electrons. The van der Waals surface area contributed by atoms with Crippen LogP contribution in [0.25, 0.3) is 11.2 Å². The van der Waals surface area contributed by atoms with Crippen molar-refractivity contribution in [2.45, 2.75) is 32.1 Å². The van der Waals surface area contributed by atoms with Crippen LogP contribution >= 0.6 is 11.6 Å². The zero-order valence-corrected chi connectivity index (χ0v) is 21.2. The van der Waals surface area contributed by atoms with Gasteiger partial charge in [-0.15, -0.1) is 0 Å². The van der Waals surface area contributed by atoms with Crippen molar-refractivity contribution in [2.24, 2.45) is 13.0 Å². The minimum atomic E-state index is -4.49. The van der Waals surface area contributed by atoms with Crippen molar-refractivity contribution >= 4 is 22.8 Å². The van der Waals surface area contributed by atoms with Gasteiger partial charge in [0.25, 0.3) is 5.56 Å². The average molecular weight is 541 g/mol. The number of imidazole rings is 1. The highest BCUT2D eigenvalue weighted by molar-refractivity contribution is 6.31. The van der Waals surface area contributed by atoms with E-state index < -0.39 is 23.0 Å². The van der Waals surface area contributed by atoms with Gasteiger partial charge in [0.15, 0.2) is 11.2 Å². The van der Waals surface area contributed by atoms with Gasteiger partial charge in [0.2, 0.25) is 0 Å². The van der Waals surface area contributed by atoms with Crippen molar-refractivity contribution in [2.75, 3.05) is 0 Å². The molecule has 0 fully saturated rings. The van der Waals surface area contributed by atoms with Crippen LogP contribution in [0.3, 0.4) is 0 Å². The molecule has 0 amide bonds. The van der Waals surface area contributed by atoms with Gasteiger partial charge in [-0.2, -0.15) is 13.2 Å². The molecule has 2 heterocycles. The van der Waals surface area contributed by atoms with E-state index in [1.165, 1.54) is 17.7 Å². The van der Waals surface area contributed by atoms with Gasteiger partial charge in [0.1, 0.15) is 5.82 Å². The normalized spacial score (nSPS) is 15.7. The lowest BCUT2D eigenvalue weighted by Gasteiger charge is -2.18. The summed E-state index contributed by atoms with van der Waals surface area (Å²) in [4.78, 5) is 31.3. The molecule has 0 saturated carbocycles. The Hall–Kier alpha value is -3.85. The van der Waals surface area contributed by atoms with E-state index in [4.69, 9.17) is 16.6 Å². The van der Waals surface area contributed by atoms with Crippen LogP contribution in [0.15, 0.2) is 87.4 Å². The molecular weight excluding hydrogens is 517 g/mol. The van der Waals surface area contributed by atoms with Gasteiger partial charge in [-0.25, -0.2) is 9.78 Å². The number of halogens is 4. The summed E-state index contributed by atoms with van der Waals surface area (Å²) in [6, 6.07) is 14.4. The lowest BCUT2D eigenvalue weighted by molar-refractivity contribution is -0.137. The summed E-state index contributed by atoms with van der Waals surface area (Å²) in [7, 11) is 1.42. The molecule has 1 aliphatic rings. The Bertz CT molecular complexity index is 1680. The van der Waals surface area contributed by atoms with E-state index >= 15 is 0 Å². The first-order valence-corrected chi connectivity index (χ1v) is 12.4. The molecule has 0 bridgehead atoms. The molecule has 0 aliphatic heterocycles. The monoisotopic (exact) mass is 540 g/mol. The number of benzene rings is 2.